The van der Waals surface area contributed by atoms with Gasteiger partial charge in [0.2, 0.25) is 0 Å². The van der Waals surface area contributed by atoms with Crippen LogP contribution in [-0.2, 0) is 0 Å². The highest BCUT2D eigenvalue weighted by atomic mass is 35.5. The predicted octanol–water partition coefficient (Wildman–Crippen LogP) is 5.15. The Kier molecular flexibility index (Phi) is 4.04. The van der Waals surface area contributed by atoms with Crippen molar-refractivity contribution in [1.29, 1.82) is 0 Å². The molecule has 0 fully saturated rings. The molecule has 0 bridgehead atoms. The highest BCUT2D eigenvalue weighted by Gasteiger charge is 2.17. The summed E-state index contributed by atoms with van der Waals surface area (Å²) in [5.74, 6) is 0. The van der Waals surface area contributed by atoms with E-state index in [0.29, 0.717) is 0 Å². The van der Waals surface area contributed by atoms with Gasteiger partial charge in [0.15, 0.2) is 0 Å². The van der Waals surface area contributed by atoms with Gasteiger partial charge in [0.25, 0.3) is 0 Å². The maximum absolute atomic E-state index is 6.51. The number of benzene rings is 2. The first-order valence-electron chi connectivity index (χ1n) is 6.75. The van der Waals surface area contributed by atoms with Crippen LogP contribution in [0.5, 0.6) is 0 Å². The molecule has 3 rings (SSSR count). The predicted molar refractivity (Wildman–Crippen MR) is 89.0 cm³/mol. The van der Waals surface area contributed by atoms with E-state index in [9.17, 15) is 0 Å². The molecular weight excluding hydrogens is 300 g/mol. The van der Waals surface area contributed by atoms with E-state index < -0.39 is 0 Å². The second kappa shape index (κ2) is 5.96. The van der Waals surface area contributed by atoms with Gasteiger partial charge in [-0.1, -0.05) is 59.4 Å². The van der Waals surface area contributed by atoms with Crippen molar-refractivity contribution in [1.82, 2.24) is 10.2 Å². The lowest BCUT2D eigenvalue weighted by Gasteiger charge is -2.05. The number of hydrogen-bond donors (Lipinski definition) is 0. The molecule has 1 heterocycles. The molecule has 2 nitrogen and oxygen atoms in total. The summed E-state index contributed by atoms with van der Waals surface area (Å²) in [4.78, 5) is 0. The van der Waals surface area contributed by atoms with E-state index >= 15 is 0 Å². The second-order valence-electron chi connectivity index (χ2n) is 5.04. The van der Waals surface area contributed by atoms with Crippen LogP contribution < -0.4 is 0 Å². The summed E-state index contributed by atoms with van der Waals surface area (Å²) in [7, 11) is 0. The van der Waals surface area contributed by atoms with Crippen molar-refractivity contribution in [2.24, 2.45) is 0 Å². The molecule has 1 atom stereocenters. The summed E-state index contributed by atoms with van der Waals surface area (Å²) in [6, 6.07) is 16.3. The zero-order chi connectivity index (χ0) is 14.8. The molecule has 21 heavy (non-hydrogen) atoms. The number of halogens is 1. The number of aromatic nitrogens is 2. The molecule has 0 aliphatic carbocycles. The minimum atomic E-state index is -0.248. The Morgan fingerprint density at radius 1 is 1.00 bits per heavy atom. The molecule has 0 radical (unpaired) electrons. The van der Waals surface area contributed by atoms with Gasteiger partial charge >= 0.3 is 0 Å². The van der Waals surface area contributed by atoms with Crippen molar-refractivity contribution in [2.75, 3.05) is 0 Å². The number of alkyl halides is 1. The summed E-state index contributed by atoms with van der Waals surface area (Å²) in [5, 5.41) is 10.1. The highest BCUT2D eigenvalue weighted by Crippen LogP contribution is 2.35. The zero-order valence-corrected chi connectivity index (χ0v) is 13.4. The van der Waals surface area contributed by atoms with Crippen LogP contribution >= 0.6 is 22.9 Å². The number of nitrogens with zero attached hydrogens (tertiary/aromatic N) is 2. The van der Waals surface area contributed by atoms with E-state index in [0.717, 1.165) is 21.1 Å². The maximum atomic E-state index is 6.51. The fourth-order valence-corrected chi connectivity index (χ4v) is 3.43. The van der Waals surface area contributed by atoms with Crippen LogP contribution in [0.4, 0.5) is 0 Å². The van der Waals surface area contributed by atoms with Crippen molar-refractivity contribution in [3.05, 3.63) is 70.2 Å². The van der Waals surface area contributed by atoms with Crippen LogP contribution in [0, 0.1) is 13.8 Å². The van der Waals surface area contributed by atoms with Crippen LogP contribution in [0.1, 0.15) is 27.1 Å². The van der Waals surface area contributed by atoms with Gasteiger partial charge in [0, 0.05) is 5.56 Å². The van der Waals surface area contributed by atoms with Gasteiger partial charge in [-0.25, -0.2) is 0 Å². The lowest BCUT2D eigenvalue weighted by Crippen LogP contribution is -1.91. The SMILES string of the molecule is Cc1ccc(C)c(-c2nnc(C(Cl)c3ccccc3)s2)c1. The van der Waals surface area contributed by atoms with E-state index in [1.165, 1.54) is 11.1 Å². The fourth-order valence-electron chi connectivity index (χ4n) is 2.18. The van der Waals surface area contributed by atoms with Crippen molar-refractivity contribution in [2.45, 2.75) is 19.2 Å². The van der Waals surface area contributed by atoms with Crippen molar-refractivity contribution in [3.8, 4) is 10.6 Å². The molecule has 0 spiro atoms. The van der Waals surface area contributed by atoms with Crippen LogP contribution in [0.15, 0.2) is 48.5 Å². The average molecular weight is 315 g/mol. The van der Waals surface area contributed by atoms with E-state index in [2.05, 4.69) is 42.2 Å². The second-order valence-corrected chi connectivity index (χ2v) is 6.48. The summed E-state index contributed by atoms with van der Waals surface area (Å²) in [6.07, 6.45) is 0. The van der Waals surface area contributed by atoms with Gasteiger partial charge in [0.05, 0.1) is 0 Å². The summed E-state index contributed by atoms with van der Waals surface area (Å²) in [6.45, 7) is 4.17. The van der Waals surface area contributed by atoms with Gasteiger partial charge in [0.1, 0.15) is 15.4 Å². The Bertz CT molecular complexity index is 752. The molecule has 1 aromatic heterocycles. The Balaban J connectivity index is 1.95. The molecule has 1 unspecified atom stereocenters. The Morgan fingerprint density at radius 3 is 2.52 bits per heavy atom. The van der Waals surface area contributed by atoms with Crippen LogP contribution in [0.25, 0.3) is 10.6 Å². The van der Waals surface area contributed by atoms with Gasteiger partial charge < -0.3 is 0 Å². The average Bonchev–Trinajstić information content (AvgIpc) is 2.99. The number of aryl methyl sites for hydroxylation is 2. The van der Waals surface area contributed by atoms with Crippen LogP contribution in [0.3, 0.4) is 0 Å². The molecule has 0 N–H and O–H groups in total. The molecule has 0 saturated heterocycles. The first kappa shape index (κ1) is 14.2. The lowest BCUT2D eigenvalue weighted by molar-refractivity contribution is 0.987. The van der Waals surface area contributed by atoms with Crippen molar-refractivity contribution in [3.63, 3.8) is 0 Å². The first-order chi connectivity index (χ1) is 10.1. The van der Waals surface area contributed by atoms with Crippen molar-refractivity contribution < 1.29 is 0 Å². The molecule has 2 aromatic carbocycles. The largest absolute Gasteiger partial charge is 0.148 e. The van der Waals surface area contributed by atoms with Gasteiger partial charge in [-0.2, -0.15) is 0 Å². The Hall–Kier alpha value is -1.71. The third-order valence-corrected chi connectivity index (χ3v) is 4.98. The zero-order valence-electron chi connectivity index (χ0n) is 11.9. The standard InChI is InChI=1S/C17H15ClN2S/c1-11-8-9-12(2)14(10-11)16-19-20-17(21-16)15(18)13-6-4-3-5-7-13/h3-10,15H,1-2H3. The maximum Gasteiger partial charge on any atom is 0.148 e. The van der Waals surface area contributed by atoms with Gasteiger partial charge in [-0.3, -0.25) is 0 Å². The molecule has 0 aliphatic heterocycles. The highest BCUT2D eigenvalue weighted by molar-refractivity contribution is 7.15. The third kappa shape index (κ3) is 2.99. The molecule has 0 aliphatic rings. The van der Waals surface area contributed by atoms with Gasteiger partial charge in [-0.05, 0) is 31.0 Å². The van der Waals surface area contributed by atoms with E-state index in [1.807, 2.05) is 30.3 Å². The van der Waals surface area contributed by atoms with E-state index in [1.54, 1.807) is 11.3 Å². The molecule has 0 amide bonds. The minimum Gasteiger partial charge on any atom is -0.141 e. The normalized spacial score (nSPS) is 12.3. The third-order valence-electron chi connectivity index (χ3n) is 3.37. The molecule has 106 valence electrons. The Labute approximate surface area is 133 Å². The van der Waals surface area contributed by atoms with E-state index in [-0.39, 0.29) is 5.38 Å². The lowest BCUT2D eigenvalue weighted by atomic mass is 10.1. The number of hydrogen-bond acceptors (Lipinski definition) is 3. The quantitative estimate of drug-likeness (QED) is 0.625. The molecule has 0 saturated carbocycles. The topological polar surface area (TPSA) is 25.8 Å². The number of rotatable bonds is 3. The summed E-state index contributed by atoms with van der Waals surface area (Å²) < 4.78 is 0. The van der Waals surface area contributed by atoms with Gasteiger partial charge in [-0.15, -0.1) is 21.8 Å². The van der Waals surface area contributed by atoms with Crippen LogP contribution in [-0.4, -0.2) is 10.2 Å². The van der Waals surface area contributed by atoms with Crippen LogP contribution in [0.2, 0.25) is 0 Å². The minimum absolute atomic E-state index is 0.248. The van der Waals surface area contributed by atoms with E-state index in [4.69, 9.17) is 11.6 Å². The molecule has 3 aromatic rings. The first-order valence-corrected chi connectivity index (χ1v) is 8.00. The summed E-state index contributed by atoms with van der Waals surface area (Å²) in [5.41, 5.74) is 4.60. The van der Waals surface area contributed by atoms with Crippen molar-refractivity contribution >= 4 is 22.9 Å². The summed E-state index contributed by atoms with van der Waals surface area (Å²) >= 11 is 8.07. The molecule has 4 heteroatoms. The smallest absolute Gasteiger partial charge is 0.141 e. The fraction of sp³-hybridized carbons (Fsp3) is 0.176. The molecular formula is C17H15ClN2S. The Morgan fingerprint density at radius 2 is 1.76 bits per heavy atom. The monoisotopic (exact) mass is 314 g/mol.